The molecule has 1 aliphatic rings. The summed E-state index contributed by atoms with van der Waals surface area (Å²) in [6, 6.07) is 7.85. The van der Waals surface area contributed by atoms with Crippen LogP contribution in [0.5, 0.6) is 0 Å². The number of rotatable bonds is 4. The number of amides is 1. The van der Waals surface area contributed by atoms with Gasteiger partial charge >= 0.3 is 0 Å². The summed E-state index contributed by atoms with van der Waals surface area (Å²) in [6.07, 6.45) is 1.82. The molecule has 4 nitrogen and oxygen atoms in total. The van der Waals surface area contributed by atoms with Gasteiger partial charge in [-0.15, -0.1) is 0 Å². The molecule has 1 aromatic carbocycles. The molecule has 0 bridgehead atoms. The standard InChI is InChI=1S/C14H17NO3S/c1-11-4-2-3-5-13(11)9-15-14(16)8-12-6-7-19(17,18)10-12/h2-7,12H,8-10H2,1H3,(H,15,16)/t12-/m1/s1. The van der Waals surface area contributed by atoms with Crippen molar-refractivity contribution in [3.63, 3.8) is 0 Å². The van der Waals surface area contributed by atoms with E-state index in [0.29, 0.717) is 6.54 Å². The number of nitrogens with one attached hydrogen (secondary N) is 1. The number of hydrogen-bond acceptors (Lipinski definition) is 3. The van der Waals surface area contributed by atoms with Crippen molar-refractivity contribution in [3.05, 3.63) is 46.9 Å². The molecule has 0 spiro atoms. The van der Waals surface area contributed by atoms with Crippen molar-refractivity contribution in [1.29, 1.82) is 0 Å². The van der Waals surface area contributed by atoms with Crippen molar-refractivity contribution in [2.45, 2.75) is 19.9 Å². The molecule has 5 heteroatoms. The maximum atomic E-state index is 11.8. The Morgan fingerprint density at radius 1 is 1.37 bits per heavy atom. The first kappa shape index (κ1) is 13.8. The summed E-state index contributed by atoms with van der Waals surface area (Å²) in [6.45, 7) is 2.47. The fraction of sp³-hybridized carbons (Fsp3) is 0.357. The molecular formula is C14H17NO3S. The van der Waals surface area contributed by atoms with E-state index in [1.807, 2.05) is 31.2 Å². The number of carbonyl (C=O) groups is 1. The fourth-order valence-electron chi connectivity index (χ4n) is 2.08. The maximum absolute atomic E-state index is 11.8. The summed E-state index contributed by atoms with van der Waals surface area (Å²) in [5, 5.41) is 4.03. The second-order valence-electron chi connectivity index (χ2n) is 4.83. The molecule has 0 saturated heterocycles. The molecule has 0 aliphatic carbocycles. The van der Waals surface area contributed by atoms with Gasteiger partial charge in [-0.25, -0.2) is 8.42 Å². The van der Waals surface area contributed by atoms with Crippen LogP contribution in [0.2, 0.25) is 0 Å². The maximum Gasteiger partial charge on any atom is 0.220 e. The molecule has 1 aliphatic heterocycles. The predicted molar refractivity (Wildman–Crippen MR) is 74.1 cm³/mol. The van der Waals surface area contributed by atoms with Crippen LogP contribution in [0.4, 0.5) is 0 Å². The van der Waals surface area contributed by atoms with E-state index >= 15 is 0 Å². The highest BCUT2D eigenvalue weighted by Gasteiger charge is 2.23. The van der Waals surface area contributed by atoms with Gasteiger partial charge in [-0.1, -0.05) is 30.3 Å². The van der Waals surface area contributed by atoms with Gasteiger partial charge in [-0.3, -0.25) is 4.79 Å². The third-order valence-electron chi connectivity index (χ3n) is 3.19. The van der Waals surface area contributed by atoms with Crippen LogP contribution in [0.3, 0.4) is 0 Å². The Bertz CT molecular complexity index is 605. The van der Waals surface area contributed by atoms with Crippen molar-refractivity contribution < 1.29 is 13.2 Å². The van der Waals surface area contributed by atoms with Crippen LogP contribution in [-0.4, -0.2) is 20.1 Å². The monoisotopic (exact) mass is 279 g/mol. The Kier molecular flexibility index (Phi) is 4.04. The van der Waals surface area contributed by atoms with E-state index in [4.69, 9.17) is 0 Å². The van der Waals surface area contributed by atoms with Gasteiger partial charge in [-0.05, 0) is 18.1 Å². The Hall–Kier alpha value is -1.62. The average Bonchev–Trinajstić information content (AvgIpc) is 2.67. The highest BCUT2D eigenvalue weighted by Crippen LogP contribution is 2.18. The van der Waals surface area contributed by atoms with Gasteiger partial charge in [-0.2, -0.15) is 0 Å². The molecular weight excluding hydrogens is 262 g/mol. The molecule has 102 valence electrons. The summed E-state index contributed by atoms with van der Waals surface area (Å²) < 4.78 is 22.5. The minimum absolute atomic E-state index is 0.0464. The molecule has 1 amide bonds. The normalized spacial score (nSPS) is 20.4. The Morgan fingerprint density at radius 2 is 2.11 bits per heavy atom. The fourth-order valence-corrected chi connectivity index (χ4v) is 3.48. The van der Waals surface area contributed by atoms with Crippen molar-refractivity contribution in [2.24, 2.45) is 5.92 Å². The Morgan fingerprint density at radius 3 is 2.74 bits per heavy atom. The van der Waals surface area contributed by atoms with Crippen LogP contribution in [0, 0.1) is 12.8 Å². The van der Waals surface area contributed by atoms with Gasteiger partial charge in [0.2, 0.25) is 5.91 Å². The Labute approximate surface area is 113 Å². The number of benzene rings is 1. The zero-order valence-corrected chi connectivity index (χ0v) is 11.6. The van der Waals surface area contributed by atoms with E-state index < -0.39 is 9.84 Å². The lowest BCUT2D eigenvalue weighted by molar-refractivity contribution is -0.121. The molecule has 0 saturated carbocycles. The van der Waals surface area contributed by atoms with Gasteiger partial charge in [0.15, 0.2) is 9.84 Å². The third-order valence-corrected chi connectivity index (χ3v) is 4.65. The predicted octanol–water partition coefficient (Wildman–Crippen LogP) is 1.56. The minimum Gasteiger partial charge on any atom is -0.352 e. The molecule has 0 fully saturated rings. The first-order chi connectivity index (χ1) is 8.96. The van der Waals surface area contributed by atoms with Gasteiger partial charge in [0.05, 0.1) is 5.75 Å². The zero-order chi connectivity index (χ0) is 13.9. The summed E-state index contributed by atoms with van der Waals surface area (Å²) in [7, 11) is -3.08. The first-order valence-electron chi connectivity index (χ1n) is 6.18. The van der Waals surface area contributed by atoms with Gasteiger partial charge in [0.25, 0.3) is 0 Å². The van der Waals surface area contributed by atoms with Crippen LogP contribution in [0.15, 0.2) is 35.7 Å². The van der Waals surface area contributed by atoms with Crippen LogP contribution < -0.4 is 5.32 Å². The van der Waals surface area contributed by atoms with Crippen LogP contribution in [0.25, 0.3) is 0 Å². The molecule has 0 radical (unpaired) electrons. The highest BCUT2D eigenvalue weighted by atomic mass is 32.2. The van der Waals surface area contributed by atoms with Crippen molar-refractivity contribution in [3.8, 4) is 0 Å². The average molecular weight is 279 g/mol. The van der Waals surface area contributed by atoms with E-state index in [0.717, 1.165) is 11.1 Å². The van der Waals surface area contributed by atoms with Gasteiger partial charge in [0.1, 0.15) is 0 Å². The number of allylic oxidation sites excluding steroid dienone is 1. The molecule has 1 N–H and O–H groups in total. The number of sulfone groups is 1. The SMILES string of the molecule is Cc1ccccc1CNC(=O)C[C@H]1C=CS(=O)(=O)C1. The highest BCUT2D eigenvalue weighted by molar-refractivity contribution is 7.94. The van der Waals surface area contributed by atoms with E-state index in [9.17, 15) is 13.2 Å². The summed E-state index contributed by atoms with van der Waals surface area (Å²) in [4.78, 5) is 11.8. The number of carbonyl (C=O) groups excluding carboxylic acids is 1. The van der Waals surface area contributed by atoms with Crippen LogP contribution in [0.1, 0.15) is 17.5 Å². The molecule has 0 aromatic heterocycles. The molecule has 1 atom stereocenters. The zero-order valence-electron chi connectivity index (χ0n) is 10.8. The minimum atomic E-state index is -3.08. The molecule has 2 rings (SSSR count). The van der Waals surface area contributed by atoms with Crippen molar-refractivity contribution in [2.75, 3.05) is 5.75 Å². The van der Waals surface area contributed by atoms with Crippen LogP contribution in [-0.2, 0) is 21.2 Å². The Balaban J connectivity index is 1.83. The molecule has 1 heterocycles. The van der Waals surface area contributed by atoms with E-state index in [1.54, 1.807) is 6.08 Å². The third kappa shape index (κ3) is 3.92. The van der Waals surface area contributed by atoms with E-state index in [-0.39, 0.29) is 24.0 Å². The van der Waals surface area contributed by atoms with Crippen molar-refractivity contribution >= 4 is 15.7 Å². The van der Waals surface area contributed by atoms with Gasteiger partial charge < -0.3 is 5.32 Å². The lowest BCUT2D eigenvalue weighted by Gasteiger charge is -2.09. The largest absolute Gasteiger partial charge is 0.352 e. The van der Waals surface area contributed by atoms with Gasteiger partial charge in [0, 0.05) is 24.3 Å². The summed E-state index contributed by atoms with van der Waals surface area (Å²) in [5.74, 6) is -0.262. The second kappa shape index (κ2) is 5.57. The molecule has 0 unspecified atom stereocenters. The van der Waals surface area contributed by atoms with E-state index in [2.05, 4.69) is 5.32 Å². The lowest BCUT2D eigenvalue weighted by Crippen LogP contribution is -2.25. The molecule has 1 aromatic rings. The lowest BCUT2D eigenvalue weighted by atomic mass is 10.1. The van der Waals surface area contributed by atoms with Crippen molar-refractivity contribution in [1.82, 2.24) is 5.32 Å². The smallest absolute Gasteiger partial charge is 0.220 e. The summed E-state index contributed by atoms with van der Waals surface area (Å²) >= 11 is 0. The summed E-state index contributed by atoms with van der Waals surface area (Å²) in [5.41, 5.74) is 2.21. The van der Waals surface area contributed by atoms with Crippen LogP contribution >= 0.6 is 0 Å². The second-order valence-corrected chi connectivity index (χ2v) is 6.76. The topological polar surface area (TPSA) is 63.2 Å². The quantitative estimate of drug-likeness (QED) is 0.909. The number of aryl methyl sites for hydroxylation is 1. The number of hydrogen-bond donors (Lipinski definition) is 1. The first-order valence-corrected chi connectivity index (χ1v) is 7.90. The van der Waals surface area contributed by atoms with E-state index in [1.165, 1.54) is 5.41 Å². The molecule has 19 heavy (non-hydrogen) atoms.